The van der Waals surface area contributed by atoms with Gasteiger partial charge < -0.3 is 5.32 Å². The first-order chi connectivity index (χ1) is 10.8. The SMILES string of the molecule is Bc1cncc(C2SC([C@]3(C)CC(=O)N(C)C(=N)N3)=CC2B)c1. The van der Waals surface area contributed by atoms with Gasteiger partial charge in [-0.25, -0.2) is 0 Å². The van der Waals surface area contributed by atoms with Crippen molar-refractivity contribution in [3.05, 3.63) is 35.0 Å². The third-order valence-corrected chi connectivity index (χ3v) is 6.32. The van der Waals surface area contributed by atoms with E-state index in [1.165, 1.54) is 10.5 Å². The van der Waals surface area contributed by atoms with Gasteiger partial charge in [-0.1, -0.05) is 17.6 Å². The lowest BCUT2D eigenvalue weighted by atomic mass is 9.79. The normalized spacial score (nSPS) is 31.0. The van der Waals surface area contributed by atoms with Crippen molar-refractivity contribution in [3.8, 4) is 0 Å². The molecular weight excluding hydrogens is 306 g/mol. The van der Waals surface area contributed by atoms with Gasteiger partial charge in [0.1, 0.15) is 15.7 Å². The lowest BCUT2D eigenvalue weighted by Gasteiger charge is -2.40. The van der Waals surface area contributed by atoms with Gasteiger partial charge in [0, 0.05) is 29.6 Å². The molecule has 1 saturated heterocycles. The van der Waals surface area contributed by atoms with Crippen LogP contribution >= 0.6 is 11.8 Å². The number of aromatic nitrogens is 1. The van der Waals surface area contributed by atoms with Gasteiger partial charge in [-0.05, 0) is 18.3 Å². The van der Waals surface area contributed by atoms with Crippen LogP contribution < -0.4 is 10.8 Å². The number of rotatable bonds is 2. The fourth-order valence-electron chi connectivity index (χ4n) is 3.11. The Hall–Kier alpha value is -1.69. The summed E-state index contributed by atoms with van der Waals surface area (Å²) in [6.07, 6.45) is 6.39. The minimum absolute atomic E-state index is 0.0222. The molecule has 3 heterocycles. The molecule has 0 spiro atoms. The van der Waals surface area contributed by atoms with Crippen molar-refractivity contribution in [1.82, 2.24) is 15.2 Å². The van der Waals surface area contributed by atoms with E-state index in [2.05, 4.69) is 38.1 Å². The summed E-state index contributed by atoms with van der Waals surface area (Å²) in [4.78, 5) is 19.0. The van der Waals surface area contributed by atoms with E-state index in [1.807, 2.05) is 19.3 Å². The summed E-state index contributed by atoms with van der Waals surface area (Å²) < 4.78 is 0. The Kier molecular flexibility index (Phi) is 4.04. The molecule has 1 fully saturated rings. The van der Waals surface area contributed by atoms with Crippen LogP contribution in [0.4, 0.5) is 0 Å². The Balaban J connectivity index is 1.84. The predicted molar refractivity (Wildman–Crippen MR) is 99.8 cm³/mol. The minimum Gasteiger partial charge on any atom is -0.346 e. The quantitative estimate of drug-likeness (QED) is 0.725. The van der Waals surface area contributed by atoms with Crippen LogP contribution in [-0.4, -0.2) is 50.0 Å². The molecule has 8 heteroatoms. The molecule has 1 aromatic heterocycles. The van der Waals surface area contributed by atoms with E-state index in [0.717, 1.165) is 10.4 Å². The van der Waals surface area contributed by atoms with Gasteiger partial charge in [-0.3, -0.25) is 20.1 Å². The molecule has 0 aliphatic carbocycles. The number of thioether (sulfide) groups is 1. The average molecular weight is 326 g/mol. The minimum atomic E-state index is -0.494. The first-order valence-electron chi connectivity index (χ1n) is 7.74. The molecule has 2 unspecified atom stereocenters. The molecule has 0 aromatic carbocycles. The maximum Gasteiger partial charge on any atom is 0.231 e. The highest BCUT2D eigenvalue weighted by Gasteiger charge is 2.43. The molecule has 1 aromatic rings. The lowest BCUT2D eigenvalue weighted by molar-refractivity contribution is -0.128. The number of allylic oxidation sites excluding steroid dienone is 1. The van der Waals surface area contributed by atoms with Gasteiger partial charge >= 0.3 is 0 Å². The molecule has 2 N–H and O–H groups in total. The fourth-order valence-corrected chi connectivity index (χ4v) is 4.62. The summed E-state index contributed by atoms with van der Waals surface area (Å²) in [5, 5.41) is 11.5. The number of carbonyl (C=O) groups excluding carboxylic acids is 1. The van der Waals surface area contributed by atoms with Crippen molar-refractivity contribution in [2.75, 3.05) is 7.05 Å². The molecule has 0 radical (unpaired) electrons. The topological polar surface area (TPSA) is 69.1 Å². The number of guanidine groups is 1. The Labute approximate surface area is 142 Å². The van der Waals surface area contributed by atoms with Crippen molar-refractivity contribution >= 4 is 44.8 Å². The second-order valence-electron chi connectivity index (χ2n) is 6.66. The van der Waals surface area contributed by atoms with Crippen LogP contribution in [0.1, 0.15) is 24.2 Å². The van der Waals surface area contributed by atoms with Crippen LogP contribution in [-0.2, 0) is 4.79 Å². The Bertz CT molecular complexity index is 690. The summed E-state index contributed by atoms with van der Waals surface area (Å²) in [7, 11) is 5.88. The zero-order chi connectivity index (χ0) is 16.8. The smallest absolute Gasteiger partial charge is 0.231 e. The fraction of sp³-hybridized carbons (Fsp3) is 0.400. The summed E-state index contributed by atoms with van der Waals surface area (Å²) >= 11 is 1.78. The van der Waals surface area contributed by atoms with Crippen LogP contribution in [0.15, 0.2) is 29.4 Å². The highest BCUT2D eigenvalue weighted by atomic mass is 32.2. The lowest BCUT2D eigenvalue weighted by Crippen LogP contribution is -2.60. The second kappa shape index (κ2) is 5.74. The number of nitrogens with zero attached hydrogens (tertiary/aromatic N) is 2. The van der Waals surface area contributed by atoms with Crippen LogP contribution in [0.3, 0.4) is 0 Å². The van der Waals surface area contributed by atoms with E-state index >= 15 is 0 Å². The van der Waals surface area contributed by atoms with E-state index in [9.17, 15) is 4.79 Å². The molecule has 1 amide bonds. The highest BCUT2D eigenvalue weighted by Crippen LogP contribution is 2.53. The van der Waals surface area contributed by atoms with E-state index < -0.39 is 5.54 Å². The third-order valence-electron chi connectivity index (χ3n) is 4.52. The molecule has 5 nitrogen and oxygen atoms in total. The van der Waals surface area contributed by atoms with Crippen LogP contribution in [0.2, 0.25) is 5.82 Å². The zero-order valence-corrected chi connectivity index (χ0v) is 14.7. The van der Waals surface area contributed by atoms with Gasteiger partial charge in [0.2, 0.25) is 5.91 Å². The Morgan fingerprint density at radius 1 is 1.52 bits per heavy atom. The first kappa shape index (κ1) is 16.2. The molecule has 2 aliphatic heterocycles. The number of carbonyl (C=O) groups is 1. The van der Waals surface area contributed by atoms with Gasteiger partial charge in [0.05, 0.1) is 12.0 Å². The maximum absolute atomic E-state index is 12.2. The first-order valence-corrected chi connectivity index (χ1v) is 8.62. The van der Waals surface area contributed by atoms with Gasteiger partial charge in [0.25, 0.3) is 0 Å². The summed E-state index contributed by atoms with van der Waals surface area (Å²) in [5.74, 6) is 0.505. The van der Waals surface area contributed by atoms with E-state index in [4.69, 9.17) is 5.41 Å². The van der Waals surface area contributed by atoms with E-state index in [1.54, 1.807) is 18.8 Å². The molecule has 3 rings (SSSR count). The van der Waals surface area contributed by atoms with Crippen molar-refractivity contribution in [3.63, 3.8) is 0 Å². The third kappa shape index (κ3) is 2.92. The molecule has 0 saturated carbocycles. The molecular formula is C15H20B2N4OS. The van der Waals surface area contributed by atoms with Gasteiger partial charge in [-0.15, -0.1) is 11.8 Å². The molecule has 0 bridgehead atoms. The molecule has 3 atom stereocenters. The van der Waals surface area contributed by atoms with Crippen molar-refractivity contribution in [2.24, 2.45) is 0 Å². The maximum atomic E-state index is 12.2. The monoisotopic (exact) mass is 326 g/mol. The van der Waals surface area contributed by atoms with Crippen LogP contribution in [0, 0.1) is 5.41 Å². The Morgan fingerprint density at radius 3 is 2.91 bits per heavy atom. The highest BCUT2D eigenvalue weighted by molar-refractivity contribution is 8.03. The molecule has 23 heavy (non-hydrogen) atoms. The number of hydrogen-bond acceptors (Lipinski definition) is 4. The van der Waals surface area contributed by atoms with Gasteiger partial charge in [0.15, 0.2) is 5.96 Å². The predicted octanol–water partition coefficient (Wildman–Crippen LogP) is -0.421. The Morgan fingerprint density at radius 2 is 2.26 bits per heavy atom. The van der Waals surface area contributed by atoms with Crippen molar-refractivity contribution in [2.45, 2.75) is 30.0 Å². The average Bonchev–Trinajstić information content (AvgIpc) is 2.87. The number of nitrogens with one attached hydrogen (secondary N) is 2. The number of amides is 1. The summed E-state index contributed by atoms with van der Waals surface area (Å²) in [6, 6.07) is 2.18. The standard InChI is InChI=1S/C15H20B2N4OS/c1-15(5-12(22)21(2)14(18)20-15)11-4-10(17)13(23-11)8-3-9(16)7-19-6-8/h3-4,6-7,10,13H,5,16-17H2,1-2H3,(H2,18,20)/t10?,13?,15-/m0/s1. The summed E-state index contributed by atoms with van der Waals surface area (Å²) in [5.41, 5.74) is 1.88. The second-order valence-corrected chi connectivity index (χ2v) is 7.84. The zero-order valence-electron chi connectivity index (χ0n) is 13.9. The van der Waals surface area contributed by atoms with Crippen molar-refractivity contribution in [1.29, 1.82) is 5.41 Å². The van der Waals surface area contributed by atoms with Crippen LogP contribution in [0.25, 0.3) is 0 Å². The molecule has 118 valence electrons. The van der Waals surface area contributed by atoms with E-state index in [0.29, 0.717) is 17.5 Å². The van der Waals surface area contributed by atoms with Crippen LogP contribution in [0.5, 0.6) is 0 Å². The number of hydrogen-bond donors (Lipinski definition) is 2. The van der Waals surface area contributed by atoms with E-state index in [-0.39, 0.29) is 11.9 Å². The van der Waals surface area contributed by atoms with Gasteiger partial charge in [-0.2, -0.15) is 0 Å². The molecule has 2 aliphatic rings. The van der Waals surface area contributed by atoms with Crippen molar-refractivity contribution < 1.29 is 4.79 Å². The largest absolute Gasteiger partial charge is 0.346 e. The number of pyridine rings is 1. The summed E-state index contributed by atoms with van der Waals surface area (Å²) in [6.45, 7) is 2.01.